The SMILES string of the molecule is Cc1ccccc1NC(=O)/C(C#N)=C\N1CCCCC1. The van der Waals surface area contributed by atoms with Crippen LogP contribution in [0.1, 0.15) is 24.8 Å². The fourth-order valence-corrected chi connectivity index (χ4v) is 2.27. The van der Waals surface area contributed by atoms with Crippen molar-refractivity contribution < 1.29 is 4.79 Å². The fourth-order valence-electron chi connectivity index (χ4n) is 2.27. The van der Waals surface area contributed by atoms with E-state index in [1.54, 1.807) is 6.20 Å². The number of rotatable bonds is 3. The summed E-state index contributed by atoms with van der Waals surface area (Å²) in [4.78, 5) is 14.2. The molecule has 4 heteroatoms. The highest BCUT2D eigenvalue weighted by molar-refractivity contribution is 6.06. The van der Waals surface area contributed by atoms with E-state index >= 15 is 0 Å². The average molecular weight is 269 g/mol. The Bertz CT molecular complexity index is 551. The Morgan fingerprint density at radius 3 is 2.65 bits per heavy atom. The summed E-state index contributed by atoms with van der Waals surface area (Å²) in [6, 6.07) is 9.54. The van der Waals surface area contributed by atoms with Gasteiger partial charge in [0.05, 0.1) is 0 Å². The molecule has 1 aromatic carbocycles. The van der Waals surface area contributed by atoms with Gasteiger partial charge in [0.25, 0.3) is 5.91 Å². The number of carbonyl (C=O) groups excluding carboxylic acids is 1. The number of anilines is 1. The predicted octanol–water partition coefficient (Wildman–Crippen LogP) is 2.83. The van der Waals surface area contributed by atoms with Gasteiger partial charge in [-0.2, -0.15) is 5.26 Å². The number of nitrogens with zero attached hydrogens (tertiary/aromatic N) is 2. The third kappa shape index (κ3) is 3.61. The van der Waals surface area contributed by atoms with E-state index in [2.05, 4.69) is 10.2 Å². The summed E-state index contributed by atoms with van der Waals surface area (Å²) in [6.07, 6.45) is 5.15. The Hall–Kier alpha value is -2.28. The second kappa shape index (κ2) is 6.76. The Morgan fingerprint density at radius 2 is 2.00 bits per heavy atom. The number of para-hydroxylation sites is 1. The predicted molar refractivity (Wildman–Crippen MR) is 78.9 cm³/mol. The van der Waals surface area contributed by atoms with E-state index in [0.717, 1.165) is 37.2 Å². The van der Waals surface area contributed by atoms with Crippen molar-refractivity contribution in [1.82, 2.24) is 4.90 Å². The number of nitrogens with one attached hydrogen (secondary N) is 1. The fraction of sp³-hybridized carbons (Fsp3) is 0.375. The van der Waals surface area contributed by atoms with Crippen molar-refractivity contribution >= 4 is 11.6 Å². The van der Waals surface area contributed by atoms with E-state index in [9.17, 15) is 4.79 Å². The Labute approximate surface area is 119 Å². The van der Waals surface area contributed by atoms with Crippen molar-refractivity contribution in [1.29, 1.82) is 5.26 Å². The molecule has 1 fully saturated rings. The van der Waals surface area contributed by atoms with Crippen molar-refractivity contribution in [3.05, 3.63) is 41.6 Å². The van der Waals surface area contributed by atoms with Crippen molar-refractivity contribution in [3.63, 3.8) is 0 Å². The van der Waals surface area contributed by atoms with Gasteiger partial charge < -0.3 is 10.2 Å². The number of likely N-dealkylation sites (tertiary alicyclic amines) is 1. The smallest absolute Gasteiger partial charge is 0.267 e. The van der Waals surface area contributed by atoms with Crippen LogP contribution >= 0.6 is 0 Å². The first-order valence-electron chi connectivity index (χ1n) is 6.93. The molecule has 1 saturated heterocycles. The number of hydrogen-bond donors (Lipinski definition) is 1. The maximum absolute atomic E-state index is 12.1. The number of carbonyl (C=O) groups is 1. The summed E-state index contributed by atoms with van der Waals surface area (Å²) in [7, 11) is 0. The lowest BCUT2D eigenvalue weighted by Gasteiger charge is -2.25. The van der Waals surface area contributed by atoms with Crippen LogP contribution in [0.5, 0.6) is 0 Å². The van der Waals surface area contributed by atoms with Crippen LogP contribution in [0.15, 0.2) is 36.0 Å². The molecule has 0 radical (unpaired) electrons. The van der Waals surface area contributed by atoms with Gasteiger partial charge >= 0.3 is 0 Å². The third-order valence-corrected chi connectivity index (χ3v) is 3.46. The van der Waals surface area contributed by atoms with E-state index in [0.29, 0.717) is 0 Å². The molecule has 1 aliphatic rings. The maximum atomic E-state index is 12.1. The van der Waals surface area contributed by atoms with Crippen molar-refractivity contribution in [2.24, 2.45) is 0 Å². The lowest BCUT2D eigenvalue weighted by molar-refractivity contribution is -0.112. The van der Waals surface area contributed by atoms with Crippen LogP contribution in [0.2, 0.25) is 0 Å². The molecule has 0 spiro atoms. The molecule has 1 amide bonds. The van der Waals surface area contributed by atoms with Crippen molar-refractivity contribution in [3.8, 4) is 6.07 Å². The summed E-state index contributed by atoms with van der Waals surface area (Å²) < 4.78 is 0. The number of aryl methyl sites for hydroxylation is 1. The highest BCUT2D eigenvalue weighted by atomic mass is 16.1. The minimum atomic E-state index is -0.340. The maximum Gasteiger partial charge on any atom is 0.267 e. The minimum Gasteiger partial charge on any atom is -0.376 e. The Balaban J connectivity index is 2.08. The highest BCUT2D eigenvalue weighted by Crippen LogP contribution is 2.15. The third-order valence-electron chi connectivity index (χ3n) is 3.46. The molecule has 0 atom stereocenters. The van der Waals surface area contributed by atoms with E-state index in [1.165, 1.54) is 6.42 Å². The van der Waals surface area contributed by atoms with Crippen molar-refractivity contribution in [2.75, 3.05) is 18.4 Å². The normalized spacial score (nSPS) is 15.6. The molecule has 2 rings (SSSR count). The van der Waals surface area contributed by atoms with Gasteiger partial charge in [0.1, 0.15) is 11.6 Å². The zero-order valence-electron chi connectivity index (χ0n) is 11.7. The largest absolute Gasteiger partial charge is 0.376 e. The standard InChI is InChI=1S/C16H19N3O/c1-13-7-3-4-8-15(13)18-16(20)14(11-17)12-19-9-5-2-6-10-19/h3-4,7-8,12H,2,5-6,9-10H2,1H3,(H,18,20)/b14-12-. The molecule has 0 aromatic heterocycles. The molecule has 1 heterocycles. The number of benzene rings is 1. The van der Waals surface area contributed by atoms with Crippen LogP contribution in [0.4, 0.5) is 5.69 Å². The van der Waals surface area contributed by atoms with Crippen LogP contribution in [-0.2, 0) is 4.79 Å². The molecular weight excluding hydrogens is 250 g/mol. The highest BCUT2D eigenvalue weighted by Gasteiger charge is 2.13. The zero-order valence-corrected chi connectivity index (χ0v) is 11.7. The number of piperidine rings is 1. The van der Waals surface area contributed by atoms with E-state index < -0.39 is 0 Å². The van der Waals surface area contributed by atoms with E-state index in [4.69, 9.17) is 5.26 Å². The zero-order chi connectivity index (χ0) is 14.4. The second-order valence-electron chi connectivity index (χ2n) is 5.02. The quantitative estimate of drug-likeness (QED) is 0.678. The van der Waals surface area contributed by atoms with Gasteiger partial charge in [-0.25, -0.2) is 0 Å². The van der Waals surface area contributed by atoms with Crippen LogP contribution in [0, 0.1) is 18.3 Å². The van der Waals surface area contributed by atoms with E-state index in [-0.39, 0.29) is 11.5 Å². The summed E-state index contributed by atoms with van der Waals surface area (Å²) in [5.41, 5.74) is 1.89. The topological polar surface area (TPSA) is 56.1 Å². The van der Waals surface area contributed by atoms with Crippen LogP contribution in [0.25, 0.3) is 0 Å². The van der Waals surface area contributed by atoms with Crippen LogP contribution < -0.4 is 5.32 Å². The lowest BCUT2D eigenvalue weighted by atomic mass is 10.1. The second-order valence-corrected chi connectivity index (χ2v) is 5.02. The molecule has 0 saturated carbocycles. The minimum absolute atomic E-state index is 0.162. The molecule has 0 unspecified atom stereocenters. The first-order valence-corrected chi connectivity index (χ1v) is 6.93. The van der Waals surface area contributed by atoms with Gasteiger partial charge in [-0.1, -0.05) is 18.2 Å². The molecule has 1 N–H and O–H groups in total. The monoisotopic (exact) mass is 269 g/mol. The van der Waals surface area contributed by atoms with Gasteiger partial charge in [0.15, 0.2) is 0 Å². The molecular formula is C16H19N3O. The summed E-state index contributed by atoms with van der Waals surface area (Å²) in [5.74, 6) is -0.340. The number of amides is 1. The summed E-state index contributed by atoms with van der Waals surface area (Å²) in [6.45, 7) is 3.77. The first kappa shape index (κ1) is 14.1. The van der Waals surface area contributed by atoms with Crippen LogP contribution in [-0.4, -0.2) is 23.9 Å². The summed E-state index contributed by atoms with van der Waals surface area (Å²) >= 11 is 0. The van der Waals surface area contributed by atoms with Gasteiger partial charge in [-0.15, -0.1) is 0 Å². The van der Waals surface area contributed by atoms with E-state index in [1.807, 2.05) is 37.3 Å². The lowest BCUT2D eigenvalue weighted by Crippen LogP contribution is -2.26. The van der Waals surface area contributed by atoms with Gasteiger partial charge in [-0.3, -0.25) is 4.79 Å². The average Bonchev–Trinajstić information content (AvgIpc) is 2.48. The summed E-state index contributed by atoms with van der Waals surface area (Å²) in [5, 5.41) is 12.0. The molecule has 1 aromatic rings. The Morgan fingerprint density at radius 1 is 1.30 bits per heavy atom. The molecule has 104 valence electrons. The molecule has 1 aliphatic heterocycles. The van der Waals surface area contributed by atoms with Crippen molar-refractivity contribution in [2.45, 2.75) is 26.2 Å². The van der Waals surface area contributed by atoms with Gasteiger partial charge in [0, 0.05) is 25.0 Å². The van der Waals surface area contributed by atoms with Gasteiger partial charge in [-0.05, 0) is 37.8 Å². The molecule has 0 aliphatic carbocycles. The molecule has 4 nitrogen and oxygen atoms in total. The Kier molecular flexibility index (Phi) is 4.78. The molecule has 0 bridgehead atoms. The molecule has 20 heavy (non-hydrogen) atoms. The van der Waals surface area contributed by atoms with Gasteiger partial charge in [0.2, 0.25) is 0 Å². The number of hydrogen-bond acceptors (Lipinski definition) is 3. The van der Waals surface area contributed by atoms with Crippen LogP contribution in [0.3, 0.4) is 0 Å². The number of nitriles is 1. The first-order chi connectivity index (χ1) is 9.70.